The summed E-state index contributed by atoms with van der Waals surface area (Å²) >= 11 is 0. The quantitative estimate of drug-likeness (QED) is 0.109. The molecule has 4 rings (SSSR count). The largest absolute Gasteiger partial charge is 0.378 e. The van der Waals surface area contributed by atoms with E-state index in [2.05, 4.69) is 47.6 Å². The molecular weight excluding hydrogens is 508 g/mol. The van der Waals surface area contributed by atoms with Crippen molar-refractivity contribution in [1.82, 2.24) is 0 Å². The molecule has 0 spiro atoms. The average molecular weight is 583 g/mol. The average Bonchev–Trinajstić information content (AvgIpc) is 3.32. The molecule has 0 heterocycles. The van der Waals surface area contributed by atoms with Crippen LogP contribution >= 0.6 is 0 Å². The molecule has 0 aromatic heterocycles. The predicted octanol–water partition coefficient (Wildman–Crippen LogP) is 13.1. The molecule has 0 aromatic rings. The van der Waals surface area contributed by atoms with E-state index in [9.17, 15) is 0 Å². The standard InChI is InChI=1S/C41H74O/c1-7-8-9-10-11-12-13-14-15-16-17-18-30-42-35-26-28-40(5)34(31-35)22-23-36-38-25-24-37(33(4)21-19-20-32(2)3)41(38,6)29-27-39(36)40/h22,32-33,35-39H,7-21,23-31H2,1-6H3/t33-,35?,36?,37-,38?,39?,40+,41-/m1/s1. The van der Waals surface area contributed by atoms with Crippen LogP contribution in [0.4, 0.5) is 0 Å². The number of rotatable bonds is 19. The molecule has 0 aromatic carbocycles. The van der Waals surface area contributed by atoms with E-state index in [0.29, 0.717) is 16.9 Å². The molecule has 0 bridgehead atoms. The summed E-state index contributed by atoms with van der Waals surface area (Å²) in [5.74, 6) is 5.60. The minimum Gasteiger partial charge on any atom is -0.378 e. The van der Waals surface area contributed by atoms with Crippen molar-refractivity contribution in [3.05, 3.63) is 11.6 Å². The van der Waals surface area contributed by atoms with Crippen molar-refractivity contribution in [2.75, 3.05) is 6.61 Å². The van der Waals surface area contributed by atoms with Gasteiger partial charge in [-0.3, -0.25) is 0 Å². The Bertz CT molecular complexity index is 797. The molecular formula is C41H74O. The van der Waals surface area contributed by atoms with Gasteiger partial charge in [-0.1, -0.05) is 143 Å². The van der Waals surface area contributed by atoms with Crippen LogP contribution in [0.2, 0.25) is 0 Å². The van der Waals surface area contributed by atoms with E-state index in [1.807, 2.05) is 0 Å². The Kier molecular flexibility index (Phi) is 13.9. The molecule has 4 aliphatic rings. The van der Waals surface area contributed by atoms with Crippen molar-refractivity contribution in [3.63, 3.8) is 0 Å². The Morgan fingerprint density at radius 1 is 0.738 bits per heavy atom. The molecule has 3 saturated carbocycles. The number of ether oxygens (including phenoxy) is 1. The van der Waals surface area contributed by atoms with Crippen LogP contribution in [0.1, 0.15) is 189 Å². The lowest BCUT2D eigenvalue weighted by molar-refractivity contribution is -0.0641. The maximum atomic E-state index is 6.54. The van der Waals surface area contributed by atoms with Crippen LogP contribution < -0.4 is 0 Å². The topological polar surface area (TPSA) is 9.23 Å². The van der Waals surface area contributed by atoms with Crippen molar-refractivity contribution in [2.45, 2.75) is 195 Å². The van der Waals surface area contributed by atoms with Gasteiger partial charge < -0.3 is 4.74 Å². The fraction of sp³-hybridized carbons (Fsp3) is 0.951. The molecule has 0 N–H and O–H groups in total. The van der Waals surface area contributed by atoms with Gasteiger partial charge >= 0.3 is 0 Å². The fourth-order valence-corrected chi connectivity index (χ4v) is 11.0. The fourth-order valence-electron chi connectivity index (χ4n) is 11.0. The van der Waals surface area contributed by atoms with E-state index in [0.717, 1.165) is 42.1 Å². The lowest BCUT2D eigenvalue weighted by atomic mass is 9.47. The number of fused-ring (bicyclic) bond motifs is 5. The first-order chi connectivity index (χ1) is 20.3. The Labute approximate surface area is 264 Å². The Balaban J connectivity index is 1.16. The molecule has 3 fully saturated rings. The van der Waals surface area contributed by atoms with Crippen molar-refractivity contribution in [3.8, 4) is 0 Å². The molecule has 1 nitrogen and oxygen atoms in total. The molecule has 244 valence electrons. The summed E-state index contributed by atoms with van der Waals surface area (Å²) in [6.45, 7) is 16.1. The van der Waals surface area contributed by atoms with Gasteiger partial charge in [-0.15, -0.1) is 0 Å². The summed E-state index contributed by atoms with van der Waals surface area (Å²) in [6.07, 6.45) is 35.9. The number of allylic oxidation sites excluding steroid dienone is 1. The van der Waals surface area contributed by atoms with Gasteiger partial charge in [0.1, 0.15) is 0 Å². The smallest absolute Gasteiger partial charge is 0.0612 e. The van der Waals surface area contributed by atoms with Crippen LogP contribution in [0.3, 0.4) is 0 Å². The highest BCUT2D eigenvalue weighted by atomic mass is 16.5. The molecule has 1 heteroatoms. The zero-order chi connectivity index (χ0) is 30.0. The van der Waals surface area contributed by atoms with Gasteiger partial charge in [0.25, 0.3) is 0 Å². The van der Waals surface area contributed by atoms with Gasteiger partial charge in [0.05, 0.1) is 6.10 Å². The van der Waals surface area contributed by atoms with E-state index in [4.69, 9.17) is 4.74 Å². The highest BCUT2D eigenvalue weighted by molar-refractivity contribution is 5.25. The van der Waals surface area contributed by atoms with Crippen molar-refractivity contribution >= 4 is 0 Å². The van der Waals surface area contributed by atoms with E-state index in [1.54, 1.807) is 5.57 Å². The second-order valence-electron chi connectivity index (χ2n) is 16.9. The first-order valence-electron chi connectivity index (χ1n) is 19.6. The Morgan fingerprint density at radius 3 is 2.07 bits per heavy atom. The molecule has 4 aliphatic carbocycles. The minimum atomic E-state index is 0.459. The normalized spacial score (nSPS) is 35.0. The number of hydrogen-bond donors (Lipinski definition) is 0. The Morgan fingerprint density at radius 2 is 1.40 bits per heavy atom. The predicted molar refractivity (Wildman–Crippen MR) is 184 cm³/mol. The van der Waals surface area contributed by atoms with Crippen LogP contribution in [0.25, 0.3) is 0 Å². The van der Waals surface area contributed by atoms with Crippen LogP contribution in [0.15, 0.2) is 11.6 Å². The lowest BCUT2D eigenvalue weighted by Crippen LogP contribution is -2.51. The van der Waals surface area contributed by atoms with E-state index in [1.165, 1.54) is 148 Å². The van der Waals surface area contributed by atoms with Crippen molar-refractivity contribution in [2.24, 2.45) is 46.3 Å². The first-order valence-corrected chi connectivity index (χ1v) is 19.6. The van der Waals surface area contributed by atoms with Gasteiger partial charge in [-0.25, -0.2) is 0 Å². The summed E-state index contributed by atoms with van der Waals surface area (Å²) in [7, 11) is 0. The summed E-state index contributed by atoms with van der Waals surface area (Å²) in [6, 6.07) is 0. The van der Waals surface area contributed by atoms with E-state index in [-0.39, 0.29) is 0 Å². The zero-order valence-corrected chi connectivity index (χ0v) is 29.5. The van der Waals surface area contributed by atoms with Crippen LogP contribution in [0, 0.1) is 46.3 Å². The van der Waals surface area contributed by atoms with Crippen LogP contribution in [-0.4, -0.2) is 12.7 Å². The monoisotopic (exact) mass is 583 g/mol. The second-order valence-corrected chi connectivity index (χ2v) is 16.9. The number of hydrogen-bond acceptors (Lipinski definition) is 1. The van der Waals surface area contributed by atoms with Crippen LogP contribution in [0.5, 0.6) is 0 Å². The summed E-state index contributed by atoms with van der Waals surface area (Å²) in [5.41, 5.74) is 2.87. The van der Waals surface area contributed by atoms with Gasteiger partial charge in [0.15, 0.2) is 0 Å². The maximum Gasteiger partial charge on any atom is 0.0612 e. The van der Waals surface area contributed by atoms with Crippen molar-refractivity contribution in [1.29, 1.82) is 0 Å². The van der Waals surface area contributed by atoms with E-state index >= 15 is 0 Å². The highest BCUT2D eigenvalue weighted by Gasteiger charge is 2.59. The molecule has 4 unspecified atom stereocenters. The van der Waals surface area contributed by atoms with Crippen LogP contribution in [-0.2, 0) is 4.74 Å². The number of unbranched alkanes of at least 4 members (excludes halogenated alkanes) is 11. The third kappa shape index (κ3) is 8.69. The van der Waals surface area contributed by atoms with Crippen molar-refractivity contribution < 1.29 is 4.74 Å². The van der Waals surface area contributed by atoms with Gasteiger partial charge in [0, 0.05) is 6.61 Å². The summed E-state index contributed by atoms with van der Waals surface area (Å²) < 4.78 is 6.54. The highest BCUT2D eigenvalue weighted by Crippen LogP contribution is 2.67. The lowest BCUT2D eigenvalue weighted by Gasteiger charge is -2.58. The molecule has 0 saturated heterocycles. The third-order valence-electron chi connectivity index (χ3n) is 13.6. The van der Waals surface area contributed by atoms with Gasteiger partial charge in [-0.05, 0) is 104 Å². The minimum absolute atomic E-state index is 0.459. The van der Waals surface area contributed by atoms with E-state index < -0.39 is 0 Å². The summed E-state index contributed by atoms with van der Waals surface area (Å²) in [5, 5.41) is 0. The maximum absolute atomic E-state index is 6.54. The molecule has 0 aliphatic heterocycles. The molecule has 42 heavy (non-hydrogen) atoms. The Hall–Kier alpha value is -0.300. The second kappa shape index (κ2) is 16.9. The third-order valence-corrected chi connectivity index (χ3v) is 13.6. The summed E-state index contributed by atoms with van der Waals surface area (Å²) in [4.78, 5) is 0. The van der Waals surface area contributed by atoms with Gasteiger partial charge in [0.2, 0.25) is 0 Å². The molecule has 0 radical (unpaired) electrons. The zero-order valence-electron chi connectivity index (χ0n) is 29.5. The van der Waals surface area contributed by atoms with Gasteiger partial charge in [-0.2, -0.15) is 0 Å². The SMILES string of the molecule is CCCCCCCCCCCCCCOC1CC[C@@]2(C)C(=CCC3C2CC[C@@]2(C)C3CC[C@@H]2[C@H](C)CCCC(C)C)C1. The first kappa shape index (κ1) is 34.6. The molecule has 8 atom stereocenters. The molecule has 0 amide bonds.